The largest absolute Gasteiger partial charge is 0.305 e. The highest BCUT2D eigenvalue weighted by Crippen LogP contribution is 2.17. The summed E-state index contributed by atoms with van der Waals surface area (Å²) < 4.78 is 0. The number of rotatable bonds is 3. The van der Waals surface area contributed by atoms with Gasteiger partial charge in [0.15, 0.2) is 0 Å². The van der Waals surface area contributed by atoms with Gasteiger partial charge in [0.1, 0.15) is 0 Å². The Morgan fingerprint density at radius 3 is 3.06 bits per heavy atom. The molecule has 0 spiro atoms. The van der Waals surface area contributed by atoms with Crippen LogP contribution in [0.15, 0.2) is 24.4 Å². The Hall–Kier alpha value is -1.44. The normalized spacial score (nSPS) is 23.5. The molecule has 0 radical (unpaired) electrons. The van der Waals surface area contributed by atoms with Gasteiger partial charge in [0.05, 0.1) is 18.2 Å². The van der Waals surface area contributed by atoms with Crippen LogP contribution in [-0.4, -0.2) is 34.6 Å². The van der Waals surface area contributed by atoms with Crippen LogP contribution in [0, 0.1) is 11.3 Å². The molecule has 18 heavy (non-hydrogen) atoms. The molecule has 96 valence electrons. The maximum absolute atomic E-state index is 8.84. The van der Waals surface area contributed by atoms with Gasteiger partial charge in [-0.2, -0.15) is 5.26 Å². The average molecular weight is 244 g/mol. The summed E-state index contributed by atoms with van der Waals surface area (Å²) in [5.41, 5.74) is 1.14. The maximum atomic E-state index is 8.84. The summed E-state index contributed by atoms with van der Waals surface area (Å²) in [4.78, 5) is 6.74. The van der Waals surface area contributed by atoms with Crippen LogP contribution < -0.4 is 5.32 Å². The first-order chi connectivity index (χ1) is 8.59. The number of hydrogen-bond acceptors (Lipinski definition) is 4. The van der Waals surface area contributed by atoms with Gasteiger partial charge in [0.25, 0.3) is 0 Å². The highest BCUT2D eigenvalue weighted by Gasteiger charge is 2.31. The van der Waals surface area contributed by atoms with Crippen molar-refractivity contribution in [2.75, 3.05) is 13.1 Å². The van der Waals surface area contributed by atoms with Crippen molar-refractivity contribution in [2.24, 2.45) is 0 Å². The predicted octanol–water partition coefficient (Wildman–Crippen LogP) is 1.55. The van der Waals surface area contributed by atoms with Gasteiger partial charge < -0.3 is 5.32 Å². The van der Waals surface area contributed by atoms with E-state index in [2.05, 4.69) is 35.1 Å². The minimum Gasteiger partial charge on any atom is -0.305 e. The highest BCUT2D eigenvalue weighted by atomic mass is 15.2. The molecule has 2 heterocycles. The number of nitrogens with one attached hydrogen (secondary N) is 1. The number of nitrogens with zero attached hydrogens (tertiary/aromatic N) is 3. The predicted molar refractivity (Wildman–Crippen MR) is 70.7 cm³/mol. The lowest BCUT2D eigenvalue weighted by atomic mass is 9.97. The van der Waals surface area contributed by atoms with E-state index in [0.717, 1.165) is 25.3 Å². The summed E-state index contributed by atoms with van der Waals surface area (Å²) in [6.07, 6.45) is 2.39. The van der Waals surface area contributed by atoms with E-state index in [1.807, 2.05) is 24.4 Å². The van der Waals surface area contributed by atoms with Crippen molar-refractivity contribution >= 4 is 0 Å². The molecule has 1 fully saturated rings. The Balaban J connectivity index is 2.02. The van der Waals surface area contributed by atoms with Crippen LogP contribution in [-0.2, 0) is 6.54 Å². The van der Waals surface area contributed by atoms with Crippen LogP contribution in [0.4, 0.5) is 0 Å². The number of hydrogen-bond donors (Lipinski definition) is 1. The van der Waals surface area contributed by atoms with Gasteiger partial charge in [-0.25, -0.2) is 0 Å². The van der Waals surface area contributed by atoms with E-state index in [9.17, 15) is 0 Å². The Kier molecular flexibility index (Phi) is 3.95. The van der Waals surface area contributed by atoms with Crippen LogP contribution in [0.5, 0.6) is 0 Å². The van der Waals surface area contributed by atoms with Gasteiger partial charge in [0, 0.05) is 37.4 Å². The molecule has 1 aliphatic heterocycles. The molecule has 0 saturated carbocycles. The first kappa shape index (κ1) is 13.0. The summed E-state index contributed by atoms with van der Waals surface area (Å²) in [6.45, 7) is 7.11. The van der Waals surface area contributed by atoms with Crippen LogP contribution >= 0.6 is 0 Å². The fourth-order valence-corrected chi connectivity index (χ4v) is 2.65. The molecule has 0 bridgehead atoms. The van der Waals surface area contributed by atoms with E-state index in [0.29, 0.717) is 6.42 Å². The van der Waals surface area contributed by atoms with Crippen molar-refractivity contribution in [3.63, 3.8) is 0 Å². The minimum absolute atomic E-state index is 0.0501. The minimum atomic E-state index is 0.0501. The molecule has 4 heteroatoms. The van der Waals surface area contributed by atoms with Crippen molar-refractivity contribution in [2.45, 2.75) is 38.4 Å². The lowest BCUT2D eigenvalue weighted by molar-refractivity contribution is 0.111. The van der Waals surface area contributed by atoms with E-state index in [4.69, 9.17) is 5.26 Å². The standard InChI is InChI=1S/C14H20N4/c1-14(2)11-18(10-13(17-14)6-7-15)9-12-5-3-4-8-16-12/h3-5,8,13,17H,6,9-11H2,1-2H3. The number of pyridine rings is 1. The zero-order chi connectivity index (χ0) is 13.0. The van der Waals surface area contributed by atoms with E-state index in [1.165, 1.54) is 0 Å². The Labute approximate surface area is 109 Å². The van der Waals surface area contributed by atoms with Crippen LogP contribution in [0.1, 0.15) is 26.0 Å². The molecule has 1 N–H and O–H groups in total. The molecule has 2 rings (SSSR count). The monoisotopic (exact) mass is 244 g/mol. The van der Waals surface area contributed by atoms with Gasteiger partial charge >= 0.3 is 0 Å². The smallest absolute Gasteiger partial charge is 0.0638 e. The van der Waals surface area contributed by atoms with Crippen molar-refractivity contribution in [1.29, 1.82) is 5.26 Å². The molecule has 1 aromatic rings. The fourth-order valence-electron chi connectivity index (χ4n) is 2.65. The Morgan fingerprint density at radius 2 is 2.39 bits per heavy atom. The topological polar surface area (TPSA) is 52.0 Å². The van der Waals surface area contributed by atoms with E-state index < -0.39 is 0 Å². The van der Waals surface area contributed by atoms with Gasteiger partial charge in [-0.3, -0.25) is 9.88 Å². The molecule has 1 saturated heterocycles. The Bertz CT molecular complexity index is 421. The highest BCUT2D eigenvalue weighted by molar-refractivity contribution is 5.05. The molecule has 1 unspecified atom stereocenters. The molecule has 0 aromatic carbocycles. The quantitative estimate of drug-likeness (QED) is 0.876. The third-order valence-electron chi connectivity index (χ3n) is 3.14. The molecule has 0 aliphatic carbocycles. The summed E-state index contributed by atoms with van der Waals surface area (Å²) >= 11 is 0. The first-order valence-corrected chi connectivity index (χ1v) is 6.36. The summed E-state index contributed by atoms with van der Waals surface area (Å²) in [5, 5.41) is 12.4. The zero-order valence-corrected chi connectivity index (χ0v) is 11.1. The van der Waals surface area contributed by atoms with Gasteiger partial charge in [-0.1, -0.05) is 6.07 Å². The number of aromatic nitrogens is 1. The number of nitriles is 1. The second kappa shape index (κ2) is 5.47. The molecular formula is C14H20N4. The lowest BCUT2D eigenvalue weighted by Gasteiger charge is -2.43. The van der Waals surface area contributed by atoms with Crippen molar-refractivity contribution in [1.82, 2.24) is 15.2 Å². The summed E-state index contributed by atoms with van der Waals surface area (Å²) in [7, 11) is 0. The van der Waals surface area contributed by atoms with E-state index in [-0.39, 0.29) is 11.6 Å². The van der Waals surface area contributed by atoms with Crippen LogP contribution in [0.25, 0.3) is 0 Å². The third kappa shape index (κ3) is 3.52. The molecule has 1 aliphatic rings. The third-order valence-corrected chi connectivity index (χ3v) is 3.14. The summed E-state index contributed by atoms with van der Waals surface area (Å²) in [5.74, 6) is 0. The van der Waals surface area contributed by atoms with Gasteiger partial charge in [0.2, 0.25) is 0 Å². The maximum Gasteiger partial charge on any atom is 0.0638 e. The van der Waals surface area contributed by atoms with Gasteiger partial charge in [-0.05, 0) is 26.0 Å². The van der Waals surface area contributed by atoms with E-state index >= 15 is 0 Å². The van der Waals surface area contributed by atoms with E-state index in [1.54, 1.807) is 0 Å². The van der Waals surface area contributed by atoms with Crippen molar-refractivity contribution in [3.05, 3.63) is 30.1 Å². The molecule has 1 aromatic heterocycles. The molecule has 4 nitrogen and oxygen atoms in total. The molecular weight excluding hydrogens is 224 g/mol. The first-order valence-electron chi connectivity index (χ1n) is 6.36. The van der Waals surface area contributed by atoms with Crippen molar-refractivity contribution in [3.8, 4) is 6.07 Å². The molecule has 0 amide bonds. The Morgan fingerprint density at radius 1 is 1.56 bits per heavy atom. The fraction of sp³-hybridized carbons (Fsp3) is 0.571. The lowest BCUT2D eigenvalue weighted by Crippen LogP contribution is -2.61. The van der Waals surface area contributed by atoms with Crippen LogP contribution in [0.2, 0.25) is 0 Å². The zero-order valence-electron chi connectivity index (χ0n) is 11.1. The molecule has 1 atom stereocenters. The SMILES string of the molecule is CC1(C)CN(Cc2ccccn2)CC(CC#N)N1. The van der Waals surface area contributed by atoms with Crippen molar-refractivity contribution < 1.29 is 0 Å². The van der Waals surface area contributed by atoms with Crippen LogP contribution in [0.3, 0.4) is 0 Å². The van der Waals surface area contributed by atoms with Gasteiger partial charge in [-0.15, -0.1) is 0 Å². The second-order valence-corrected chi connectivity index (χ2v) is 5.58. The summed E-state index contributed by atoms with van der Waals surface area (Å²) in [6, 6.07) is 8.51. The number of piperazine rings is 1. The average Bonchev–Trinajstić information content (AvgIpc) is 2.28. The second-order valence-electron chi connectivity index (χ2n) is 5.58.